The maximum absolute atomic E-state index is 11.9. The molecule has 17 heavy (non-hydrogen) atoms. The van der Waals surface area contributed by atoms with Crippen LogP contribution in [0.15, 0.2) is 23.6 Å². The van der Waals surface area contributed by atoms with Crippen molar-refractivity contribution in [1.29, 1.82) is 0 Å². The van der Waals surface area contributed by atoms with Crippen LogP contribution in [-0.4, -0.2) is 26.2 Å². The lowest BCUT2D eigenvalue weighted by atomic mass is 10.1. The van der Waals surface area contributed by atoms with Crippen molar-refractivity contribution in [3.63, 3.8) is 0 Å². The Hall–Kier alpha value is -1.59. The van der Waals surface area contributed by atoms with E-state index in [1.165, 1.54) is 0 Å². The van der Waals surface area contributed by atoms with Crippen LogP contribution in [0.2, 0.25) is 0 Å². The number of fused-ring (bicyclic) bond motifs is 1. The van der Waals surface area contributed by atoms with E-state index in [4.69, 9.17) is 10.5 Å². The molecule has 1 heterocycles. The highest BCUT2D eigenvalue weighted by atomic mass is 32.1. The maximum Gasteiger partial charge on any atom is 0.252 e. The number of methoxy groups -OCH3 is 1. The number of nitrogens with one attached hydrogen (secondary N) is 1. The first-order valence-electron chi connectivity index (χ1n) is 5.26. The van der Waals surface area contributed by atoms with Crippen molar-refractivity contribution in [3.05, 3.63) is 29.1 Å². The van der Waals surface area contributed by atoms with Crippen molar-refractivity contribution in [2.75, 3.05) is 26.0 Å². The van der Waals surface area contributed by atoms with Crippen molar-refractivity contribution in [3.8, 4) is 0 Å². The molecule has 90 valence electrons. The van der Waals surface area contributed by atoms with Crippen molar-refractivity contribution < 1.29 is 9.53 Å². The summed E-state index contributed by atoms with van der Waals surface area (Å²) in [6, 6.07) is 5.60. The molecule has 4 nitrogen and oxygen atoms in total. The van der Waals surface area contributed by atoms with Gasteiger partial charge in [-0.2, -0.15) is 0 Å². The molecule has 5 heteroatoms. The Morgan fingerprint density at radius 2 is 2.35 bits per heavy atom. The molecule has 0 saturated carbocycles. The summed E-state index contributed by atoms with van der Waals surface area (Å²) in [5, 5.41) is 5.56. The Morgan fingerprint density at radius 3 is 3.12 bits per heavy atom. The van der Waals surface area contributed by atoms with Gasteiger partial charge in [0.2, 0.25) is 0 Å². The van der Waals surface area contributed by atoms with E-state index in [9.17, 15) is 4.79 Å². The number of amides is 1. The summed E-state index contributed by atoms with van der Waals surface area (Å²) in [6.07, 6.45) is 0. The Balaban J connectivity index is 2.23. The first kappa shape index (κ1) is 11.9. The molecule has 0 bridgehead atoms. The number of carbonyl (C=O) groups excluding carboxylic acids is 1. The van der Waals surface area contributed by atoms with Crippen LogP contribution < -0.4 is 11.1 Å². The van der Waals surface area contributed by atoms with Gasteiger partial charge >= 0.3 is 0 Å². The van der Waals surface area contributed by atoms with Crippen LogP contribution in [-0.2, 0) is 4.74 Å². The van der Waals surface area contributed by atoms with E-state index in [0.717, 1.165) is 10.1 Å². The molecule has 3 N–H and O–H groups in total. The topological polar surface area (TPSA) is 64.3 Å². The third-order valence-corrected chi connectivity index (χ3v) is 3.40. The van der Waals surface area contributed by atoms with E-state index < -0.39 is 0 Å². The number of carbonyl (C=O) groups is 1. The summed E-state index contributed by atoms with van der Waals surface area (Å²) >= 11 is 1.54. The van der Waals surface area contributed by atoms with Crippen molar-refractivity contribution >= 4 is 33.0 Å². The van der Waals surface area contributed by atoms with Gasteiger partial charge in [-0.15, -0.1) is 11.3 Å². The van der Waals surface area contributed by atoms with Gasteiger partial charge in [0.05, 0.1) is 12.2 Å². The minimum absolute atomic E-state index is 0.0844. The number of hydrogen-bond acceptors (Lipinski definition) is 4. The molecule has 1 aromatic heterocycles. The third-order valence-electron chi connectivity index (χ3n) is 2.43. The van der Waals surface area contributed by atoms with Gasteiger partial charge in [-0.1, -0.05) is 0 Å². The van der Waals surface area contributed by atoms with Crippen molar-refractivity contribution in [2.24, 2.45) is 0 Å². The van der Waals surface area contributed by atoms with Gasteiger partial charge in [0.15, 0.2) is 0 Å². The lowest BCUT2D eigenvalue weighted by Gasteiger charge is -2.03. The van der Waals surface area contributed by atoms with E-state index in [0.29, 0.717) is 24.4 Å². The number of hydrogen-bond donors (Lipinski definition) is 2. The van der Waals surface area contributed by atoms with Gasteiger partial charge in [0.25, 0.3) is 5.91 Å². The second-order valence-electron chi connectivity index (χ2n) is 3.65. The first-order chi connectivity index (χ1) is 8.22. The molecule has 0 aliphatic carbocycles. The van der Waals surface area contributed by atoms with Crippen LogP contribution >= 0.6 is 11.3 Å². The van der Waals surface area contributed by atoms with E-state index in [1.54, 1.807) is 18.4 Å². The molecule has 0 saturated heterocycles. The summed E-state index contributed by atoms with van der Waals surface area (Å²) in [5.74, 6) is -0.0844. The maximum atomic E-state index is 11.9. The molecule has 0 unspecified atom stereocenters. The summed E-state index contributed by atoms with van der Waals surface area (Å²) in [4.78, 5) is 11.9. The van der Waals surface area contributed by atoms with Crippen LogP contribution in [0, 0.1) is 0 Å². The predicted octanol–water partition coefficient (Wildman–Crippen LogP) is 1.86. The molecule has 0 spiro atoms. The molecular formula is C12H14N2O2S. The molecule has 2 rings (SSSR count). The second kappa shape index (κ2) is 5.16. The molecule has 0 aliphatic heterocycles. The zero-order chi connectivity index (χ0) is 12.3. The molecule has 0 atom stereocenters. The van der Waals surface area contributed by atoms with Crippen LogP contribution in [0.5, 0.6) is 0 Å². The summed E-state index contributed by atoms with van der Waals surface area (Å²) in [7, 11) is 1.60. The van der Waals surface area contributed by atoms with Gasteiger partial charge in [-0.3, -0.25) is 4.79 Å². The number of benzene rings is 1. The van der Waals surface area contributed by atoms with Gasteiger partial charge in [0, 0.05) is 34.8 Å². The molecule has 1 aromatic carbocycles. The highest BCUT2D eigenvalue weighted by Gasteiger charge is 2.11. The van der Waals surface area contributed by atoms with Gasteiger partial charge in [-0.05, 0) is 18.2 Å². The Bertz CT molecular complexity index is 536. The lowest BCUT2D eigenvalue weighted by molar-refractivity contribution is 0.0939. The molecular weight excluding hydrogens is 236 g/mol. The van der Waals surface area contributed by atoms with E-state index >= 15 is 0 Å². The summed E-state index contributed by atoms with van der Waals surface area (Å²) < 4.78 is 5.95. The second-order valence-corrected chi connectivity index (χ2v) is 4.56. The fraction of sp³-hybridized carbons (Fsp3) is 0.250. The normalized spacial score (nSPS) is 10.6. The van der Waals surface area contributed by atoms with Crippen LogP contribution in [0.4, 0.5) is 5.69 Å². The van der Waals surface area contributed by atoms with Crippen LogP contribution in [0.3, 0.4) is 0 Å². The van der Waals surface area contributed by atoms with Gasteiger partial charge in [-0.25, -0.2) is 0 Å². The SMILES string of the molecule is COCCNC(=O)c1csc2ccc(N)cc12. The number of nitrogens with two attached hydrogens (primary N) is 1. The average Bonchev–Trinajstić information content (AvgIpc) is 2.72. The number of nitrogen functional groups attached to an aromatic ring is 1. The standard InChI is InChI=1S/C12H14N2O2S/c1-16-5-4-14-12(15)10-7-17-11-3-2-8(13)6-9(10)11/h2-3,6-7H,4-5,13H2,1H3,(H,14,15). The van der Waals surface area contributed by atoms with Crippen LogP contribution in [0.25, 0.3) is 10.1 Å². The number of ether oxygens (including phenoxy) is 1. The highest BCUT2D eigenvalue weighted by molar-refractivity contribution is 7.17. The number of thiophene rings is 1. The van der Waals surface area contributed by atoms with Gasteiger partial charge < -0.3 is 15.8 Å². The van der Waals surface area contributed by atoms with E-state index in [2.05, 4.69) is 5.32 Å². The summed E-state index contributed by atoms with van der Waals surface area (Å²) in [5.41, 5.74) is 7.07. The quantitative estimate of drug-likeness (QED) is 0.643. The molecule has 0 aliphatic rings. The van der Waals surface area contributed by atoms with E-state index in [-0.39, 0.29) is 5.91 Å². The first-order valence-corrected chi connectivity index (χ1v) is 6.14. The molecule has 2 aromatic rings. The fourth-order valence-corrected chi connectivity index (χ4v) is 2.51. The molecule has 1 amide bonds. The molecule has 0 radical (unpaired) electrons. The van der Waals surface area contributed by atoms with Crippen molar-refractivity contribution in [2.45, 2.75) is 0 Å². The number of rotatable bonds is 4. The molecule has 0 fully saturated rings. The minimum Gasteiger partial charge on any atom is -0.399 e. The third kappa shape index (κ3) is 2.57. The van der Waals surface area contributed by atoms with Gasteiger partial charge in [0.1, 0.15) is 0 Å². The Labute approximate surface area is 103 Å². The van der Waals surface area contributed by atoms with Crippen LogP contribution in [0.1, 0.15) is 10.4 Å². The lowest BCUT2D eigenvalue weighted by Crippen LogP contribution is -2.26. The minimum atomic E-state index is -0.0844. The zero-order valence-electron chi connectivity index (χ0n) is 9.53. The largest absolute Gasteiger partial charge is 0.399 e. The Kier molecular flexibility index (Phi) is 3.61. The average molecular weight is 250 g/mol. The van der Waals surface area contributed by atoms with E-state index in [1.807, 2.05) is 23.6 Å². The monoisotopic (exact) mass is 250 g/mol. The van der Waals surface area contributed by atoms with Crippen molar-refractivity contribution in [1.82, 2.24) is 5.32 Å². The zero-order valence-corrected chi connectivity index (χ0v) is 10.3. The highest BCUT2D eigenvalue weighted by Crippen LogP contribution is 2.27. The summed E-state index contributed by atoms with van der Waals surface area (Å²) in [6.45, 7) is 1.02. The fourth-order valence-electron chi connectivity index (χ4n) is 1.58. The number of anilines is 1. The smallest absolute Gasteiger partial charge is 0.252 e. The predicted molar refractivity (Wildman–Crippen MR) is 70.4 cm³/mol. The Morgan fingerprint density at radius 1 is 1.53 bits per heavy atom.